The lowest BCUT2D eigenvalue weighted by molar-refractivity contribution is -0.385. The lowest BCUT2D eigenvalue weighted by Gasteiger charge is -2.13. The highest BCUT2D eigenvalue weighted by Gasteiger charge is 2.16. The lowest BCUT2D eigenvalue weighted by atomic mass is 9.96. The smallest absolute Gasteiger partial charge is 0.273 e. The molecule has 0 bridgehead atoms. The Hall–Kier alpha value is -3.07. The quantitative estimate of drug-likeness (QED) is 0.256. The summed E-state index contributed by atoms with van der Waals surface area (Å²) in [5.74, 6) is 0. The first-order valence-electron chi connectivity index (χ1n) is 10.5. The molecule has 0 saturated carbocycles. The molecule has 3 aromatic carbocycles. The minimum atomic E-state index is -3.58. The average molecular weight is 454 g/mol. The summed E-state index contributed by atoms with van der Waals surface area (Å²) in [6, 6.07) is 21.1. The average Bonchev–Trinajstić information content (AvgIpc) is 2.80. The summed E-state index contributed by atoms with van der Waals surface area (Å²) in [5, 5.41) is 14.7. The molecule has 0 saturated heterocycles. The molecule has 0 spiro atoms. The second-order valence-corrected chi connectivity index (χ2v) is 9.16. The molecule has 3 aromatic rings. The van der Waals surface area contributed by atoms with Gasteiger partial charge in [0.05, 0.1) is 9.82 Å². The highest BCUT2D eigenvalue weighted by atomic mass is 32.2. The summed E-state index contributed by atoms with van der Waals surface area (Å²) in [5.41, 5.74) is 3.47. The first-order valence-corrected chi connectivity index (χ1v) is 12.0. The van der Waals surface area contributed by atoms with Gasteiger partial charge in [-0.2, -0.15) is 0 Å². The number of hydrogen-bond donors (Lipinski definition) is 2. The van der Waals surface area contributed by atoms with Crippen LogP contribution in [0, 0.1) is 10.1 Å². The molecule has 0 aliphatic heterocycles. The molecule has 0 aromatic heterocycles. The zero-order valence-corrected chi connectivity index (χ0v) is 18.8. The number of sulfonamides is 1. The van der Waals surface area contributed by atoms with Crippen LogP contribution in [0.3, 0.4) is 0 Å². The van der Waals surface area contributed by atoms with Crippen LogP contribution in [0.15, 0.2) is 77.7 Å². The Morgan fingerprint density at radius 2 is 1.62 bits per heavy atom. The molecular weight excluding hydrogens is 426 g/mol. The van der Waals surface area contributed by atoms with Crippen LogP contribution >= 0.6 is 0 Å². The van der Waals surface area contributed by atoms with Crippen molar-refractivity contribution in [3.63, 3.8) is 0 Å². The van der Waals surface area contributed by atoms with Crippen molar-refractivity contribution in [2.45, 2.75) is 31.2 Å². The molecule has 168 valence electrons. The number of rotatable bonds is 11. The van der Waals surface area contributed by atoms with E-state index >= 15 is 0 Å². The predicted octanol–water partition coefficient (Wildman–Crippen LogP) is 4.28. The third-order valence-electron chi connectivity index (χ3n) is 5.09. The minimum Gasteiger partial charge on any atom is -0.312 e. The van der Waals surface area contributed by atoms with Crippen LogP contribution < -0.4 is 10.0 Å². The second kappa shape index (κ2) is 11.0. The molecule has 32 heavy (non-hydrogen) atoms. The Balaban J connectivity index is 1.80. The summed E-state index contributed by atoms with van der Waals surface area (Å²) >= 11 is 0. The van der Waals surface area contributed by atoms with Crippen LogP contribution in [0.5, 0.6) is 0 Å². The van der Waals surface area contributed by atoms with Crippen molar-refractivity contribution in [3.8, 4) is 11.1 Å². The molecule has 3 rings (SSSR count). The van der Waals surface area contributed by atoms with E-state index in [1.54, 1.807) is 36.4 Å². The lowest BCUT2D eigenvalue weighted by Crippen LogP contribution is -2.26. The Bertz CT molecular complexity index is 1160. The SMILES string of the molecule is CCCNCc1cc(-c2ccccc2CCNS(=O)(=O)c2ccccc2)ccc1[N+](=O)[O-]. The van der Waals surface area contributed by atoms with E-state index in [1.807, 2.05) is 37.3 Å². The molecule has 0 fully saturated rings. The van der Waals surface area contributed by atoms with Crippen LogP contribution in [-0.4, -0.2) is 26.4 Å². The molecule has 0 aliphatic carbocycles. The molecule has 0 atom stereocenters. The van der Waals surface area contributed by atoms with Crippen LogP contribution in [0.4, 0.5) is 5.69 Å². The molecule has 0 amide bonds. The number of nitrogens with one attached hydrogen (secondary N) is 2. The number of nitrogens with zero attached hydrogens (tertiary/aromatic N) is 1. The maximum atomic E-state index is 12.5. The van der Waals surface area contributed by atoms with Gasteiger partial charge >= 0.3 is 0 Å². The van der Waals surface area contributed by atoms with Gasteiger partial charge in [-0.3, -0.25) is 10.1 Å². The van der Waals surface area contributed by atoms with Gasteiger partial charge in [-0.15, -0.1) is 0 Å². The van der Waals surface area contributed by atoms with E-state index < -0.39 is 10.0 Å². The Morgan fingerprint density at radius 3 is 2.34 bits per heavy atom. The van der Waals surface area contributed by atoms with Gasteiger partial charge < -0.3 is 5.32 Å². The van der Waals surface area contributed by atoms with Crippen LogP contribution in [-0.2, 0) is 23.0 Å². The summed E-state index contributed by atoms with van der Waals surface area (Å²) in [7, 11) is -3.58. The molecule has 2 N–H and O–H groups in total. The van der Waals surface area contributed by atoms with E-state index in [-0.39, 0.29) is 22.1 Å². The van der Waals surface area contributed by atoms with Gasteiger partial charge in [-0.1, -0.05) is 49.4 Å². The van der Waals surface area contributed by atoms with Crippen molar-refractivity contribution < 1.29 is 13.3 Å². The van der Waals surface area contributed by atoms with Gasteiger partial charge in [0, 0.05) is 24.7 Å². The molecule has 0 radical (unpaired) electrons. The van der Waals surface area contributed by atoms with E-state index in [0.29, 0.717) is 18.5 Å². The number of hydrogen-bond acceptors (Lipinski definition) is 5. The largest absolute Gasteiger partial charge is 0.312 e. The van der Waals surface area contributed by atoms with E-state index in [2.05, 4.69) is 10.0 Å². The van der Waals surface area contributed by atoms with E-state index in [1.165, 1.54) is 6.07 Å². The third-order valence-corrected chi connectivity index (χ3v) is 6.56. The maximum Gasteiger partial charge on any atom is 0.273 e. The van der Waals surface area contributed by atoms with Crippen LogP contribution in [0.25, 0.3) is 11.1 Å². The first-order chi connectivity index (χ1) is 15.4. The Morgan fingerprint density at radius 1 is 0.906 bits per heavy atom. The second-order valence-electron chi connectivity index (χ2n) is 7.40. The van der Waals surface area contributed by atoms with Gasteiger partial charge in [0.25, 0.3) is 5.69 Å². The molecule has 0 aliphatic rings. The molecule has 8 heteroatoms. The third kappa shape index (κ3) is 6.00. The minimum absolute atomic E-state index is 0.0884. The molecule has 0 heterocycles. The number of nitro groups is 1. The Kier molecular flexibility index (Phi) is 8.10. The summed E-state index contributed by atoms with van der Waals surface area (Å²) < 4.78 is 27.6. The van der Waals surface area contributed by atoms with Gasteiger partial charge in [0.1, 0.15) is 0 Å². The van der Waals surface area contributed by atoms with Crippen molar-refractivity contribution in [1.29, 1.82) is 0 Å². The van der Waals surface area contributed by atoms with Crippen molar-refractivity contribution >= 4 is 15.7 Å². The van der Waals surface area contributed by atoms with Crippen LogP contribution in [0.2, 0.25) is 0 Å². The van der Waals surface area contributed by atoms with Crippen molar-refractivity contribution in [2.75, 3.05) is 13.1 Å². The topological polar surface area (TPSA) is 101 Å². The summed E-state index contributed by atoms with van der Waals surface area (Å²) in [4.78, 5) is 11.3. The fourth-order valence-electron chi connectivity index (χ4n) is 3.50. The van der Waals surface area contributed by atoms with Gasteiger partial charge in [-0.25, -0.2) is 13.1 Å². The van der Waals surface area contributed by atoms with Crippen molar-refractivity contribution in [3.05, 3.63) is 94.0 Å². The van der Waals surface area contributed by atoms with E-state index in [4.69, 9.17) is 0 Å². The standard InChI is InChI=1S/C24H27N3O4S/c1-2-15-25-18-21-17-20(12-13-24(21)27(28)29)23-11-7-6-8-19(23)14-16-26-32(30,31)22-9-4-3-5-10-22/h3-13,17,25-26H,2,14-16,18H2,1H3. The number of nitro benzene ring substituents is 1. The highest BCUT2D eigenvalue weighted by molar-refractivity contribution is 7.89. The predicted molar refractivity (Wildman–Crippen MR) is 126 cm³/mol. The maximum absolute atomic E-state index is 12.5. The fourth-order valence-corrected chi connectivity index (χ4v) is 4.55. The van der Waals surface area contributed by atoms with Gasteiger partial charge in [0.15, 0.2) is 0 Å². The first kappa shape index (κ1) is 23.6. The monoisotopic (exact) mass is 453 g/mol. The van der Waals surface area contributed by atoms with E-state index in [0.717, 1.165) is 29.7 Å². The van der Waals surface area contributed by atoms with Gasteiger partial charge in [0.2, 0.25) is 10.0 Å². The van der Waals surface area contributed by atoms with Crippen molar-refractivity contribution in [2.24, 2.45) is 0 Å². The van der Waals surface area contributed by atoms with Crippen LogP contribution in [0.1, 0.15) is 24.5 Å². The summed E-state index contributed by atoms with van der Waals surface area (Å²) in [6.07, 6.45) is 1.43. The van der Waals surface area contributed by atoms with Gasteiger partial charge in [-0.05, 0) is 60.3 Å². The zero-order valence-electron chi connectivity index (χ0n) is 18.0. The molecule has 7 nitrogen and oxygen atoms in total. The van der Waals surface area contributed by atoms with Crippen molar-refractivity contribution in [1.82, 2.24) is 10.0 Å². The molecule has 0 unspecified atom stereocenters. The fraction of sp³-hybridized carbons (Fsp3) is 0.250. The summed E-state index contributed by atoms with van der Waals surface area (Å²) in [6.45, 7) is 3.48. The zero-order chi connectivity index (χ0) is 23.0. The Labute approximate surface area is 188 Å². The molecular formula is C24H27N3O4S. The highest BCUT2D eigenvalue weighted by Crippen LogP contribution is 2.29. The van der Waals surface area contributed by atoms with E-state index in [9.17, 15) is 18.5 Å². The number of benzene rings is 3. The normalized spacial score (nSPS) is 11.4.